The van der Waals surface area contributed by atoms with E-state index in [0.717, 1.165) is 0 Å². The Labute approximate surface area is 113 Å². The predicted molar refractivity (Wildman–Crippen MR) is 66.7 cm³/mol. The minimum absolute atomic E-state index is 0.147. The van der Waals surface area contributed by atoms with Crippen LogP contribution in [0.4, 0.5) is 18.9 Å². The van der Waals surface area contributed by atoms with Gasteiger partial charge in [-0.3, -0.25) is 4.79 Å². The Hall–Kier alpha value is -2.12. The van der Waals surface area contributed by atoms with E-state index in [1.165, 1.54) is 20.3 Å². The number of amides is 1. The highest BCUT2D eigenvalue weighted by atomic mass is 19.4. The molecule has 0 fully saturated rings. The van der Waals surface area contributed by atoms with E-state index in [1.807, 2.05) is 0 Å². The normalized spacial score (nSPS) is 11.1. The molecule has 0 heterocycles. The van der Waals surface area contributed by atoms with Crippen LogP contribution in [0.1, 0.15) is 5.56 Å². The summed E-state index contributed by atoms with van der Waals surface area (Å²) >= 11 is 0. The summed E-state index contributed by atoms with van der Waals surface area (Å²) in [6.45, 7) is -0.183. The molecule has 5 nitrogen and oxygen atoms in total. The van der Waals surface area contributed by atoms with Crippen molar-refractivity contribution in [3.63, 3.8) is 0 Å². The molecule has 0 atom stereocenters. The average molecular weight is 292 g/mol. The molecule has 0 unspecified atom stereocenters. The van der Waals surface area contributed by atoms with Gasteiger partial charge in [-0.25, -0.2) is 0 Å². The number of methoxy groups -OCH3 is 2. The first-order valence-corrected chi connectivity index (χ1v) is 5.65. The number of halogens is 3. The molecule has 0 spiro atoms. The predicted octanol–water partition coefficient (Wildman–Crippen LogP) is 1.51. The Bertz CT molecular complexity index is 490. The number of carbonyl (C=O) groups excluding carboxylic acids is 1. The highest BCUT2D eigenvalue weighted by molar-refractivity contribution is 5.81. The summed E-state index contributed by atoms with van der Waals surface area (Å²) in [5, 5.41) is 1.77. The summed E-state index contributed by atoms with van der Waals surface area (Å²) in [4.78, 5) is 10.7. The van der Waals surface area contributed by atoms with Crippen LogP contribution >= 0.6 is 0 Å². The Morgan fingerprint density at radius 2 is 1.80 bits per heavy atom. The van der Waals surface area contributed by atoms with Crippen molar-refractivity contribution in [2.24, 2.45) is 0 Å². The molecule has 0 saturated carbocycles. The van der Waals surface area contributed by atoms with Gasteiger partial charge in [-0.2, -0.15) is 13.2 Å². The summed E-state index contributed by atoms with van der Waals surface area (Å²) in [6.07, 6.45) is -4.74. The zero-order valence-corrected chi connectivity index (χ0v) is 11.0. The lowest BCUT2D eigenvalue weighted by molar-refractivity contribution is -0.173. The van der Waals surface area contributed by atoms with Crippen molar-refractivity contribution in [3.05, 3.63) is 17.7 Å². The number of nitrogen functional groups attached to an aromatic ring is 1. The standard InChI is InChI=1S/C12H15F3N2O3/c1-19-9-5-7(8(16)6-10(9)20-2)3-4-17-11(18)12(13,14)15/h5-6H,3-4,16H2,1-2H3,(H,17,18). The number of hydrogen-bond donors (Lipinski definition) is 2. The van der Waals surface area contributed by atoms with Gasteiger partial charge in [0.05, 0.1) is 14.2 Å². The molecule has 1 rings (SSSR count). The first kappa shape index (κ1) is 15.9. The third-order valence-corrected chi connectivity index (χ3v) is 2.58. The van der Waals surface area contributed by atoms with E-state index in [9.17, 15) is 18.0 Å². The van der Waals surface area contributed by atoms with Gasteiger partial charge in [-0.05, 0) is 18.1 Å². The van der Waals surface area contributed by atoms with Gasteiger partial charge in [-0.15, -0.1) is 0 Å². The van der Waals surface area contributed by atoms with Crippen molar-refractivity contribution in [2.75, 3.05) is 26.5 Å². The molecule has 1 aromatic rings. The fraction of sp³-hybridized carbons (Fsp3) is 0.417. The molecule has 8 heteroatoms. The van der Waals surface area contributed by atoms with E-state index >= 15 is 0 Å². The van der Waals surface area contributed by atoms with Gasteiger partial charge in [0.1, 0.15) is 0 Å². The van der Waals surface area contributed by atoms with Gasteiger partial charge in [0.2, 0.25) is 0 Å². The van der Waals surface area contributed by atoms with E-state index < -0.39 is 12.1 Å². The first-order valence-electron chi connectivity index (χ1n) is 5.65. The Morgan fingerprint density at radius 1 is 1.25 bits per heavy atom. The van der Waals surface area contributed by atoms with Crippen LogP contribution < -0.4 is 20.5 Å². The lowest BCUT2D eigenvalue weighted by Crippen LogP contribution is -2.37. The number of carbonyl (C=O) groups is 1. The van der Waals surface area contributed by atoms with Crippen LogP contribution in [-0.4, -0.2) is 32.8 Å². The van der Waals surface area contributed by atoms with Crippen LogP contribution in [0.2, 0.25) is 0 Å². The Kier molecular flexibility index (Phi) is 5.06. The summed E-state index contributed by atoms with van der Waals surface area (Å²) in [5.74, 6) is -1.14. The smallest absolute Gasteiger partial charge is 0.471 e. The molecular weight excluding hydrogens is 277 g/mol. The molecule has 20 heavy (non-hydrogen) atoms. The third kappa shape index (κ3) is 3.94. The van der Waals surface area contributed by atoms with Gasteiger partial charge in [0.25, 0.3) is 0 Å². The van der Waals surface area contributed by atoms with Crippen molar-refractivity contribution in [3.8, 4) is 11.5 Å². The number of anilines is 1. The number of nitrogens with two attached hydrogens (primary N) is 1. The molecular formula is C12H15F3N2O3. The minimum Gasteiger partial charge on any atom is -0.493 e. The molecule has 0 aromatic heterocycles. The van der Waals surface area contributed by atoms with Crippen LogP contribution in [0.5, 0.6) is 11.5 Å². The summed E-state index contributed by atoms with van der Waals surface area (Å²) in [6, 6.07) is 3.08. The first-order chi connectivity index (χ1) is 9.29. The lowest BCUT2D eigenvalue weighted by Gasteiger charge is -2.13. The summed E-state index contributed by atoms with van der Waals surface area (Å²) in [5.41, 5.74) is 6.66. The van der Waals surface area contributed by atoms with Gasteiger partial charge in [-0.1, -0.05) is 0 Å². The van der Waals surface area contributed by atoms with Gasteiger partial charge in [0, 0.05) is 18.3 Å². The van der Waals surface area contributed by atoms with Crippen molar-refractivity contribution in [1.82, 2.24) is 5.32 Å². The Morgan fingerprint density at radius 3 is 2.30 bits per heavy atom. The SMILES string of the molecule is COc1cc(N)c(CCNC(=O)C(F)(F)F)cc1OC. The fourth-order valence-electron chi connectivity index (χ4n) is 1.56. The largest absolute Gasteiger partial charge is 0.493 e. The maximum atomic E-state index is 12.0. The van der Waals surface area contributed by atoms with Gasteiger partial charge < -0.3 is 20.5 Å². The second-order valence-electron chi connectivity index (χ2n) is 3.91. The highest BCUT2D eigenvalue weighted by Gasteiger charge is 2.38. The maximum Gasteiger partial charge on any atom is 0.471 e. The molecule has 1 amide bonds. The van der Waals surface area contributed by atoms with E-state index in [0.29, 0.717) is 22.7 Å². The second kappa shape index (κ2) is 6.36. The van der Waals surface area contributed by atoms with Crippen LogP contribution in [-0.2, 0) is 11.2 Å². The third-order valence-electron chi connectivity index (χ3n) is 2.58. The molecule has 0 aliphatic carbocycles. The van der Waals surface area contributed by atoms with E-state index in [-0.39, 0.29) is 13.0 Å². The molecule has 1 aromatic carbocycles. The number of rotatable bonds is 5. The molecule has 3 N–H and O–H groups in total. The highest BCUT2D eigenvalue weighted by Crippen LogP contribution is 2.32. The second-order valence-corrected chi connectivity index (χ2v) is 3.91. The van der Waals surface area contributed by atoms with Crippen molar-refractivity contribution in [2.45, 2.75) is 12.6 Å². The van der Waals surface area contributed by atoms with Crippen molar-refractivity contribution in [1.29, 1.82) is 0 Å². The Balaban J connectivity index is 2.71. The molecule has 0 aliphatic heterocycles. The maximum absolute atomic E-state index is 12.0. The number of alkyl halides is 3. The quantitative estimate of drug-likeness (QED) is 0.807. The zero-order valence-electron chi connectivity index (χ0n) is 11.0. The van der Waals surface area contributed by atoms with Crippen LogP contribution in [0.15, 0.2) is 12.1 Å². The van der Waals surface area contributed by atoms with Crippen molar-refractivity contribution >= 4 is 11.6 Å². The number of ether oxygens (including phenoxy) is 2. The minimum atomic E-state index is -4.89. The van der Waals surface area contributed by atoms with Crippen LogP contribution in [0, 0.1) is 0 Å². The van der Waals surface area contributed by atoms with Gasteiger partial charge in [0.15, 0.2) is 11.5 Å². The van der Waals surface area contributed by atoms with Gasteiger partial charge >= 0.3 is 12.1 Å². The van der Waals surface area contributed by atoms with E-state index in [1.54, 1.807) is 11.4 Å². The summed E-state index contributed by atoms with van der Waals surface area (Å²) in [7, 11) is 2.88. The van der Waals surface area contributed by atoms with Crippen molar-refractivity contribution < 1.29 is 27.4 Å². The molecule has 0 saturated heterocycles. The fourth-order valence-corrected chi connectivity index (χ4v) is 1.56. The molecule has 112 valence electrons. The molecule has 0 aliphatic rings. The molecule has 0 bridgehead atoms. The van der Waals surface area contributed by atoms with Crippen LogP contribution in [0.25, 0.3) is 0 Å². The molecule has 0 radical (unpaired) electrons. The summed E-state index contributed by atoms with van der Waals surface area (Å²) < 4.78 is 46.1. The topological polar surface area (TPSA) is 73.6 Å². The zero-order chi connectivity index (χ0) is 15.3. The van der Waals surface area contributed by atoms with E-state index in [2.05, 4.69) is 0 Å². The number of benzene rings is 1. The average Bonchev–Trinajstić information content (AvgIpc) is 2.38. The number of hydrogen-bond acceptors (Lipinski definition) is 4. The van der Waals surface area contributed by atoms with Crippen LogP contribution in [0.3, 0.4) is 0 Å². The monoisotopic (exact) mass is 292 g/mol. The van der Waals surface area contributed by atoms with E-state index in [4.69, 9.17) is 15.2 Å². The lowest BCUT2D eigenvalue weighted by atomic mass is 10.1. The number of nitrogens with one attached hydrogen (secondary N) is 1.